The van der Waals surface area contributed by atoms with E-state index in [1.54, 1.807) is 12.1 Å². The van der Waals surface area contributed by atoms with Crippen LogP contribution < -0.4 is 4.74 Å². The van der Waals surface area contributed by atoms with Gasteiger partial charge in [0, 0.05) is 58.4 Å². The Morgan fingerprint density at radius 1 is 0.833 bits per heavy atom. The van der Waals surface area contributed by atoms with E-state index in [4.69, 9.17) is 32.7 Å². The van der Waals surface area contributed by atoms with Gasteiger partial charge in [0.1, 0.15) is 23.9 Å². The molecule has 0 amide bonds. The number of hydrogen-bond acceptors (Lipinski definition) is 4. The maximum Gasteiger partial charge on any atom is 0.163 e. The lowest BCUT2D eigenvalue weighted by Gasteiger charge is -2.42. The number of Topliss-reactive ketones (excluding diaryl/α,β-unsaturated/α-hetero) is 2. The number of ether oxygens (including phenoxy) is 2. The van der Waals surface area contributed by atoms with E-state index in [1.165, 1.54) is 0 Å². The highest BCUT2D eigenvalue weighted by molar-refractivity contribution is 6.35. The summed E-state index contributed by atoms with van der Waals surface area (Å²) in [4.78, 5) is 26.8. The van der Waals surface area contributed by atoms with Crippen LogP contribution in [0.25, 0.3) is 0 Å². The van der Waals surface area contributed by atoms with Crippen LogP contribution in [-0.4, -0.2) is 11.6 Å². The lowest BCUT2D eigenvalue weighted by molar-refractivity contribution is -0.120. The predicted octanol–water partition coefficient (Wildman–Crippen LogP) is 7.97. The highest BCUT2D eigenvalue weighted by Gasteiger charge is 2.47. The van der Waals surface area contributed by atoms with Gasteiger partial charge in [-0.05, 0) is 40.7 Å². The molecule has 2 aromatic rings. The van der Waals surface area contributed by atoms with Crippen molar-refractivity contribution in [2.45, 2.75) is 65.9 Å². The minimum atomic E-state index is -0.407. The number of allylic oxidation sites excluding steroid dienone is 4. The molecule has 0 fully saturated rings. The molecule has 5 rings (SSSR count). The molecule has 188 valence electrons. The van der Waals surface area contributed by atoms with Gasteiger partial charge in [-0.15, -0.1) is 0 Å². The van der Waals surface area contributed by atoms with Crippen molar-refractivity contribution in [3.8, 4) is 5.75 Å². The summed E-state index contributed by atoms with van der Waals surface area (Å²) in [7, 11) is 0. The average molecular weight is 525 g/mol. The Morgan fingerprint density at radius 2 is 1.39 bits per heavy atom. The van der Waals surface area contributed by atoms with E-state index in [0.29, 0.717) is 59.2 Å². The molecule has 36 heavy (non-hydrogen) atoms. The molecule has 2 aromatic carbocycles. The van der Waals surface area contributed by atoms with Gasteiger partial charge < -0.3 is 9.47 Å². The van der Waals surface area contributed by atoms with Gasteiger partial charge in [-0.1, -0.05) is 69.1 Å². The zero-order chi connectivity index (χ0) is 25.8. The van der Waals surface area contributed by atoms with E-state index < -0.39 is 5.92 Å². The molecule has 0 saturated heterocycles. The molecule has 0 atom stereocenters. The number of rotatable bonds is 4. The molecule has 0 saturated carbocycles. The standard InChI is InChI=1S/C30H30Cl2O4/c1-29(2)12-22(33)27-24(14-29)36-25-15-30(3,4)13-23(34)28(25)26(27)17-6-9-20(10-7-17)35-16-18-5-8-19(31)11-21(18)32/h5-11,26H,12-16H2,1-4H3. The first-order chi connectivity index (χ1) is 16.9. The Hall–Kier alpha value is -2.56. The highest BCUT2D eigenvalue weighted by atomic mass is 35.5. The topological polar surface area (TPSA) is 52.6 Å². The molecule has 0 spiro atoms. The van der Waals surface area contributed by atoms with Crippen LogP contribution in [-0.2, 0) is 20.9 Å². The van der Waals surface area contributed by atoms with E-state index in [-0.39, 0.29) is 22.4 Å². The SMILES string of the molecule is CC1(C)CC(=O)C2=C(C1)OC1=C(C(=O)CC(C)(C)C1)C2c1ccc(OCc2ccc(Cl)cc2Cl)cc1. The average Bonchev–Trinajstić information content (AvgIpc) is 2.76. The largest absolute Gasteiger partial charge is 0.489 e. The molecular formula is C30H30Cl2O4. The van der Waals surface area contributed by atoms with Gasteiger partial charge in [0.15, 0.2) is 11.6 Å². The van der Waals surface area contributed by atoms with Crippen LogP contribution in [0.2, 0.25) is 10.0 Å². The fourth-order valence-corrected chi connectivity index (χ4v) is 6.03. The van der Waals surface area contributed by atoms with Crippen molar-refractivity contribution in [3.05, 3.63) is 86.3 Å². The molecule has 0 unspecified atom stereocenters. The molecule has 4 nitrogen and oxygen atoms in total. The third-order valence-corrected chi connectivity index (χ3v) is 7.79. The van der Waals surface area contributed by atoms with Crippen LogP contribution in [0.3, 0.4) is 0 Å². The second-order valence-electron chi connectivity index (χ2n) is 11.7. The quantitative estimate of drug-likeness (QED) is 0.406. The van der Waals surface area contributed by atoms with Crippen molar-refractivity contribution in [1.82, 2.24) is 0 Å². The summed E-state index contributed by atoms with van der Waals surface area (Å²) in [5, 5.41) is 1.13. The highest BCUT2D eigenvalue weighted by Crippen LogP contribution is 2.53. The van der Waals surface area contributed by atoms with E-state index >= 15 is 0 Å². The summed E-state index contributed by atoms with van der Waals surface area (Å²) in [6.45, 7) is 8.66. The van der Waals surface area contributed by atoms with Gasteiger partial charge in [0.25, 0.3) is 0 Å². The Labute approximate surface area is 222 Å². The maximum absolute atomic E-state index is 13.4. The first-order valence-electron chi connectivity index (χ1n) is 12.3. The second-order valence-corrected chi connectivity index (χ2v) is 12.5. The van der Waals surface area contributed by atoms with E-state index in [2.05, 4.69) is 27.7 Å². The van der Waals surface area contributed by atoms with Gasteiger partial charge in [-0.25, -0.2) is 0 Å². The Morgan fingerprint density at radius 3 is 1.92 bits per heavy atom. The van der Waals surface area contributed by atoms with E-state index in [9.17, 15) is 9.59 Å². The monoisotopic (exact) mass is 524 g/mol. The number of hydrogen-bond donors (Lipinski definition) is 0. The molecule has 3 aliphatic rings. The Kier molecular flexibility index (Phi) is 6.33. The molecule has 0 radical (unpaired) electrons. The summed E-state index contributed by atoms with van der Waals surface area (Å²) in [6.07, 6.45) is 2.24. The molecule has 2 aliphatic carbocycles. The van der Waals surface area contributed by atoms with Gasteiger partial charge in [0.2, 0.25) is 0 Å². The number of carbonyl (C=O) groups excluding carboxylic acids is 2. The first-order valence-corrected chi connectivity index (χ1v) is 13.1. The third kappa shape index (κ3) is 4.86. The van der Waals surface area contributed by atoms with Gasteiger partial charge in [-0.3, -0.25) is 9.59 Å². The van der Waals surface area contributed by atoms with Crippen LogP contribution in [0, 0.1) is 10.8 Å². The van der Waals surface area contributed by atoms with Gasteiger partial charge >= 0.3 is 0 Å². The van der Waals surface area contributed by atoms with Crippen molar-refractivity contribution < 1.29 is 19.1 Å². The van der Waals surface area contributed by atoms with Crippen molar-refractivity contribution >= 4 is 34.8 Å². The van der Waals surface area contributed by atoms with Crippen LogP contribution in [0.4, 0.5) is 0 Å². The zero-order valence-corrected chi connectivity index (χ0v) is 22.6. The van der Waals surface area contributed by atoms with Crippen molar-refractivity contribution in [2.24, 2.45) is 10.8 Å². The first kappa shape index (κ1) is 25.1. The number of carbonyl (C=O) groups is 2. The van der Waals surface area contributed by atoms with Crippen LogP contribution >= 0.6 is 23.2 Å². The summed E-state index contributed by atoms with van der Waals surface area (Å²) in [6, 6.07) is 13.0. The van der Waals surface area contributed by atoms with E-state index in [1.807, 2.05) is 30.3 Å². The Balaban J connectivity index is 1.48. The molecule has 0 bridgehead atoms. The molecule has 6 heteroatoms. The molecule has 0 aromatic heterocycles. The fraction of sp³-hybridized carbons (Fsp3) is 0.400. The zero-order valence-electron chi connectivity index (χ0n) is 21.0. The summed E-state index contributed by atoms with van der Waals surface area (Å²) < 4.78 is 12.3. The molecular weight excluding hydrogens is 495 g/mol. The normalized spacial score (nSPS) is 21.2. The Bertz CT molecular complexity index is 1260. The number of halogens is 2. The van der Waals surface area contributed by atoms with Gasteiger partial charge in [0.05, 0.1) is 0 Å². The van der Waals surface area contributed by atoms with Crippen molar-refractivity contribution in [2.75, 3.05) is 0 Å². The summed E-state index contributed by atoms with van der Waals surface area (Å²) in [5.74, 6) is 1.84. The maximum atomic E-state index is 13.4. The molecule has 0 N–H and O–H groups in total. The number of benzene rings is 2. The third-order valence-electron chi connectivity index (χ3n) is 7.20. The molecule has 1 heterocycles. The lowest BCUT2D eigenvalue weighted by atomic mass is 9.65. The fourth-order valence-electron chi connectivity index (χ4n) is 5.56. The molecule has 1 aliphatic heterocycles. The van der Waals surface area contributed by atoms with Crippen LogP contribution in [0.1, 0.15) is 70.4 Å². The van der Waals surface area contributed by atoms with Crippen LogP contribution in [0.5, 0.6) is 5.75 Å². The minimum Gasteiger partial charge on any atom is -0.489 e. The number of ketones is 2. The smallest absolute Gasteiger partial charge is 0.163 e. The second kappa shape index (κ2) is 9.08. The van der Waals surface area contributed by atoms with Crippen LogP contribution in [0.15, 0.2) is 65.1 Å². The van der Waals surface area contributed by atoms with E-state index in [0.717, 1.165) is 22.6 Å². The van der Waals surface area contributed by atoms with Crippen molar-refractivity contribution in [3.63, 3.8) is 0 Å². The summed E-state index contributed by atoms with van der Waals surface area (Å²) >= 11 is 12.3. The van der Waals surface area contributed by atoms with Crippen molar-refractivity contribution in [1.29, 1.82) is 0 Å². The minimum absolute atomic E-state index is 0.0631. The van der Waals surface area contributed by atoms with Gasteiger partial charge in [-0.2, -0.15) is 0 Å². The summed E-state index contributed by atoms with van der Waals surface area (Å²) in [5.41, 5.74) is 2.67. The predicted molar refractivity (Wildman–Crippen MR) is 141 cm³/mol. The lowest BCUT2D eigenvalue weighted by Crippen LogP contribution is -2.37.